The molecule has 1 heterocycles. The third-order valence-electron chi connectivity index (χ3n) is 4.26. The maximum absolute atomic E-state index is 12.5. The number of aromatic nitrogens is 2. The zero-order valence-electron chi connectivity index (χ0n) is 16.7. The summed E-state index contributed by atoms with van der Waals surface area (Å²) in [5.74, 6) is 1.78. The maximum Gasteiger partial charge on any atom is 0.259 e. The van der Waals surface area contributed by atoms with Crippen LogP contribution in [0.15, 0.2) is 54.7 Å². The zero-order valence-corrected chi connectivity index (χ0v) is 16.7. The van der Waals surface area contributed by atoms with Crippen LogP contribution in [0.5, 0.6) is 11.5 Å². The van der Waals surface area contributed by atoms with E-state index in [0.717, 1.165) is 17.1 Å². The second-order valence-corrected chi connectivity index (χ2v) is 6.31. The van der Waals surface area contributed by atoms with Gasteiger partial charge in [-0.2, -0.15) is 0 Å². The first-order valence-electron chi connectivity index (χ1n) is 9.33. The van der Waals surface area contributed by atoms with Gasteiger partial charge in [-0.25, -0.2) is 9.97 Å². The van der Waals surface area contributed by atoms with E-state index in [9.17, 15) is 4.79 Å². The lowest BCUT2D eigenvalue weighted by Gasteiger charge is -2.10. The number of ether oxygens (including phenoxy) is 2. The van der Waals surface area contributed by atoms with E-state index < -0.39 is 0 Å². The number of methoxy groups -OCH3 is 1. The third-order valence-corrected chi connectivity index (χ3v) is 4.26. The first-order chi connectivity index (χ1) is 14.1. The minimum atomic E-state index is -0.256. The van der Waals surface area contributed by atoms with Crippen molar-refractivity contribution < 1.29 is 14.3 Å². The Morgan fingerprint density at radius 1 is 1.03 bits per heavy atom. The molecule has 0 bridgehead atoms. The smallest absolute Gasteiger partial charge is 0.259 e. The molecule has 0 atom stereocenters. The van der Waals surface area contributed by atoms with Gasteiger partial charge in [0, 0.05) is 18.4 Å². The summed E-state index contributed by atoms with van der Waals surface area (Å²) in [6.07, 6.45) is 1.53. The summed E-state index contributed by atoms with van der Waals surface area (Å²) in [7, 11) is 1.64. The second kappa shape index (κ2) is 9.54. The molecule has 0 aliphatic carbocycles. The third kappa shape index (κ3) is 5.44. The predicted molar refractivity (Wildman–Crippen MR) is 113 cm³/mol. The number of nitrogens with zero attached hydrogens (tertiary/aromatic N) is 2. The van der Waals surface area contributed by atoms with E-state index in [2.05, 4.69) is 20.6 Å². The zero-order chi connectivity index (χ0) is 20.6. The van der Waals surface area contributed by atoms with Crippen molar-refractivity contribution >= 4 is 17.5 Å². The van der Waals surface area contributed by atoms with Crippen molar-refractivity contribution in [3.05, 3.63) is 71.5 Å². The molecule has 2 N–H and O–H groups in total. The summed E-state index contributed by atoms with van der Waals surface area (Å²) in [4.78, 5) is 21.2. The first kappa shape index (κ1) is 20.1. The highest BCUT2D eigenvalue weighted by atomic mass is 16.5. The predicted octanol–water partition coefficient (Wildman–Crippen LogP) is 4.06. The van der Waals surface area contributed by atoms with Gasteiger partial charge < -0.3 is 20.1 Å². The molecule has 0 unspecified atom stereocenters. The van der Waals surface area contributed by atoms with E-state index in [1.807, 2.05) is 43.3 Å². The molecule has 0 fully saturated rings. The van der Waals surface area contributed by atoms with Crippen LogP contribution in [0.4, 0.5) is 11.6 Å². The fourth-order valence-corrected chi connectivity index (χ4v) is 2.70. The maximum atomic E-state index is 12.5. The number of amides is 1. The minimum Gasteiger partial charge on any atom is -0.497 e. The quantitative estimate of drug-likeness (QED) is 0.601. The van der Waals surface area contributed by atoms with E-state index in [1.165, 1.54) is 6.20 Å². The van der Waals surface area contributed by atoms with Crippen molar-refractivity contribution in [3.8, 4) is 11.5 Å². The van der Waals surface area contributed by atoms with Gasteiger partial charge in [0.1, 0.15) is 11.5 Å². The molecule has 0 spiro atoms. The van der Waals surface area contributed by atoms with Crippen LogP contribution in [0.2, 0.25) is 0 Å². The van der Waals surface area contributed by atoms with Crippen LogP contribution in [-0.2, 0) is 6.54 Å². The van der Waals surface area contributed by atoms with E-state index in [-0.39, 0.29) is 5.91 Å². The molecule has 0 aliphatic rings. The van der Waals surface area contributed by atoms with Gasteiger partial charge in [-0.15, -0.1) is 0 Å². The molecule has 3 rings (SSSR count). The van der Waals surface area contributed by atoms with Crippen LogP contribution < -0.4 is 20.1 Å². The first-order valence-corrected chi connectivity index (χ1v) is 9.33. The van der Waals surface area contributed by atoms with Crippen LogP contribution in [0.1, 0.15) is 28.5 Å². The molecule has 0 saturated carbocycles. The van der Waals surface area contributed by atoms with Crippen molar-refractivity contribution in [3.63, 3.8) is 0 Å². The number of hydrogen-bond acceptors (Lipinski definition) is 6. The van der Waals surface area contributed by atoms with Gasteiger partial charge in [0.05, 0.1) is 25.0 Å². The summed E-state index contributed by atoms with van der Waals surface area (Å²) >= 11 is 0. The number of carbonyl (C=O) groups excluding carboxylic acids is 1. The number of hydrogen-bond donors (Lipinski definition) is 2. The summed E-state index contributed by atoms with van der Waals surface area (Å²) in [5.41, 5.74) is 2.78. The Kier molecular flexibility index (Phi) is 6.63. The molecular formula is C22H24N4O3. The van der Waals surface area contributed by atoms with Gasteiger partial charge in [-0.1, -0.05) is 12.1 Å². The molecule has 1 amide bonds. The number of aryl methyl sites for hydroxylation is 1. The number of carbonyl (C=O) groups is 1. The molecule has 0 saturated heterocycles. The van der Waals surface area contributed by atoms with Crippen LogP contribution in [-0.4, -0.2) is 29.6 Å². The largest absolute Gasteiger partial charge is 0.497 e. The van der Waals surface area contributed by atoms with Crippen molar-refractivity contribution in [1.29, 1.82) is 0 Å². The molecule has 3 aromatic rings. The SMILES string of the molecule is CCOc1ccc(NC(=O)c2cnc(NCc3ccc(OC)cc3)nc2C)cc1. The van der Waals surface area contributed by atoms with E-state index in [0.29, 0.717) is 36.0 Å². The lowest BCUT2D eigenvalue weighted by Crippen LogP contribution is -2.15. The molecule has 7 nitrogen and oxygen atoms in total. The second-order valence-electron chi connectivity index (χ2n) is 6.31. The van der Waals surface area contributed by atoms with Crippen molar-refractivity contribution in [2.45, 2.75) is 20.4 Å². The van der Waals surface area contributed by atoms with Crippen molar-refractivity contribution in [2.75, 3.05) is 24.4 Å². The number of rotatable bonds is 8. The fraction of sp³-hybridized carbons (Fsp3) is 0.227. The summed E-state index contributed by atoms with van der Waals surface area (Å²) in [5, 5.41) is 6.01. The van der Waals surface area contributed by atoms with Crippen LogP contribution in [0, 0.1) is 6.92 Å². The Hall–Kier alpha value is -3.61. The monoisotopic (exact) mass is 392 g/mol. The highest BCUT2D eigenvalue weighted by Gasteiger charge is 2.12. The molecule has 0 radical (unpaired) electrons. The minimum absolute atomic E-state index is 0.256. The Balaban J connectivity index is 1.61. The number of benzene rings is 2. The average Bonchev–Trinajstić information content (AvgIpc) is 2.74. The van der Waals surface area contributed by atoms with E-state index >= 15 is 0 Å². The normalized spacial score (nSPS) is 10.3. The van der Waals surface area contributed by atoms with Gasteiger partial charge in [0.25, 0.3) is 5.91 Å². The number of nitrogens with one attached hydrogen (secondary N) is 2. The topological polar surface area (TPSA) is 85.4 Å². The highest BCUT2D eigenvalue weighted by molar-refractivity contribution is 6.04. The Bertz CT molecular complexity index is 957. The molecule has 7 heteroatoms. The Labute approximate surface area is 170 Å². The van der Waals surface area contributed by atoms with Gasteiger partial charge >= 0.3 is 0 Å². The number of anilines is 2. The molecule has 1 aromatic heterocycles. The molecule has 150 valence electrons. The fourth-order valence-electron chi connectivity index (χ4n) is 2.70. The standard InChI is InChI=1S/C22H24N4O3/c1-4-29-19-11-7-17(8-12-19)26-21(27)20-14-24-22(25-15(20)2)23-13-16-5-9-18(28-3)10-6-16/h5-12,14H,4,13H2,1-3H3,(H,26,27)(H,23,24,25). The van der Waals surface area contributed by atoms with Gasteiger partial charge in [-0.05, 0) is 55.8 Å². The molecule has 0 aliphatic heterocycles. The van der Waals surface area contributed by atoms with Crippen molar-refractivity contribution in [2.24, 2.45) is 0 Å². The molecular weight excluding hydrogens is 368 g/mol. The highest BCUT2D eigenvalue weighted by Crippen LogP contribution is 2.17. The van der Waals surface area contributed by atoms with E-state index in [4.69, 9.17) is 9.47 Å². The van der Waals surface area contributed by atoms with Crippen LogP contribution in [0.3, 0.4) is 0 Å². The van der Waals surface area contributed by atoms with Crippen LogP contribution >= 0.6 is 0 Å². The molecule has 29 heavy (non-hydrogen) atoms. The molecule has 2 aromatic carbocycles. The van der Waals surface area contributed by atoms with Gasteiger partial charge in [0.15, 0.2) is 0 Å². The van der Waals surface area contributed by atoms with Gasteiger partial charge in [0.2, 0.25) is 5.95 Å². The Morgan fingerprint density at radius 2 is 1.72 bits per heavy atom. The summed E-state index contributed by atoms with van der Waals surface area (Å²) in [6.45, 7) is 4.88. The lowest BCUT2D eigenvalue weighted by atomic mass is 10.2. The van der Waals surface area contributed by atoms with E-state index in [1.54, 1.807) is 26.2 Å². The van der Waals surface area contributed by atoms with Crippen molar-refractivity contribution in [1.82, 2.24) is 9.97 Å². The summed E-state index contributed by atoms with van der Waals surface area (Å²) < 4.78 is 10.6. The average molecular weight is 392 g/mol. The van der Waals surface area contributed by atoms with Gasteiger partial charge in [-0.3, -0.25) is 4.79 Å². The summed E-state index contributed by atoms with van der Waals surface area (Å²) in [6, 6.07) is 15.0. The lowest BCUT2D eigenvalue weighted by molar-refractivity contribution is 0.102. The Morgan fingerprint density at radius 3 is 2.34 bits per heavy atom. The van der Waals surface area contributed by atoms with Crippen LogP contribution in [0.25, 0.3) is 0 Å².